The van der Waals surface area contributed by atoms with E-state index in [1.807, 2.05) is 13.8 Å². The van der Waals surface area contributed by atoms with Crippen LogP contribution in [-0.2, 0) is 19.1 Å². The Bertz CT molecular complexity index is 212. The van der Waals surface area contributed by atoms with Crippen molar-refractivity contribution in [2.75, 3.05) is 6.61 Å². The van der Waals surface area contributed by atoms with E-state index in [-0.39, 0.29) is 12.5 Å². The van der Waals surface area contributed by atoms with Crippen LogP contribution in [0.15, 0.2) is 0 Å². The maximum absolute atomic E-state index is 11.2. The van der Waals surface area contributed by atoms with Crippen molar-refractivity contribution in [3.05, 3.63) is 0 Å². The summed E-state index contributed by atoms with van der Waals surface area (Å²) < 4.78 is 9.56. The molecule has 0 radical (unpaired) electrons. The molecule has 13 heavy (non-hydrogen) atoms. The van der Waals surface area contributed by atoms with Gasteiger partial charge in [0.15, 0.2) is 6.61 Å². The minimum Gasteiger partial charge on any atom is -0.451 e. The van der Waals surface area contributed by atoms with Gasteiger partial charge in [-0.1, -0.05) is 20.3 Å². The van der Waals surface area contributed by atoms with Crippen LogP contribution in [0.5, 0.6) is 0 Å². The molecule has 2 atom stereocenters. The van der Waals surface area contributed by atoms with Crippen molar-refractivity contribution in [1.82, 2.24) is 0 Å². The number of hydrogen-bond acceptors (Lipinski definition) is 4. The minimum absolute atomic E-state index is 0.0433. The molecule has 2 unspecified atom stereocenters. The lowest BCUT2D eigenvalue weighted by Crippen LogP contribution is -2.41. The largest absolute Gasteiger partial charge is 0.451 e. The quantitative estimate of drug-likeness (QED) is 0.614. The van der Waals surface area contributed by atoms with Crippen molar-refractivity contribution < 1.29 is 19.1 Å². The monoisotopic (exact) mass is 186 g/mol. The van der Waals surface area contributed by atoms with Gasteiger partial charge in [-0.25, -0.2) is 9.59 Å². The van der Waals surface area contributed by atoms with E-state index in [1.165, 1.54) is 0 Å². The molecule has 0 aromatic heterocycles. The molecule has 0 spiro atoms. The molecule has 1 saturated heterocycles. The van der Waals surface area contributed by atoms with E-state index in [4.69, 9.17) is 4.74 Å². The van der Waals surface area contributed by atoms with Crippen LogP contribution < -0.4 is 0 Å². The molecule has 1 aliphatic heterocycles. The molecule has 0 saturated carbocycles. The Morgan fingerprint density at radius 1 is 1.54 bits per heavy atom. The first-order valence-corrected chi connectivity index (χ1v) is 4.51. The molecule has 0 aromatic carbocycles. The number of rotatable bonds is 3. The summed E-state index contributed by atoms with van der Waals surface area (Å²) in [6.45, 7) is 3.66. The van der Waals surface area contributed by atoms with Gasteiger partial charge < -0.3 is 9.47 Å². The Balaban J connectivity index is 2.54. The highest BCUT2D eigenvalue weighted by atomic mass is 16.6. The molecular formula is C9H14O4. The zero-order chi connectivity index (χ0) is 9.84. The van der Waals surface area contributed by atoms with Gasteiger partial charge in [-0.05, 0) is 6.42 Å². The predicted octanol–water partition coefficient (Wildman–Crippen LogP) is 0.891. The number of carbonyl (C=O) groups is 2. The molecule has 1 fully saturated rings. The fraction of sp³-hybridized carbons (Fsp3) is 0.778. The third kappa shape index (κ3) is 2.44. The Hall–Kier alpha value is -1.06. The fourth-order valence-corrected chi connectivity index (χ4v) is 1.39. The minimum atomic E-state index is -0.693. The number of ether oxygens (including phenoxy) is 2. The van der Waals surface area contributed by atoms with Crippen LogP contribution >= 0.6 is 0 Å². The van der Waals surface area contributed by atoms with Crippen molar-refractivity contribution in [1.29, 1.82) is 0 Å². The first-order valence-electron chi connectivity index (χ1n) is 4.51. The molecule has 0 aliphatic carbocycles. The summed E-state index contributed by atoms with van der Waals surface area (Å²) in [6.07, 6.45) is 1.12. The van der Waals surface area contributed by atoms with E-state index in [0.717, 1.165) is 12.8 Å². The Kier molecular flexibility index (Phi) is 3.28. The van der Waals surface area contributed by atoms with E-state index in [1.54, 1.807) is 0 Å². The molecule has 0 amide bonds. The summed E-state index contributed by atoms with van der Waals surface area (Å²) >= 11 is 0. The molecule has 0 bridgehead atoms. The molecule has 1 heterocycles. The number of esters is 2. The van der Waals surface area contributed by atoms with Gasteiger partial charge >= 0.3 is 11.9 Å². The first kappa shape index (κ1) is 10.0. The van der Waals surface area contributed by atoms with Gasteiger partial charge in [0.05, 0.1) is 0 Å². The van der Waals surface area contributed by atoms with E-state index in [9.17, 15) is 9.59 Å². The predicted molar refractivity (Wildman–Crippen MR) is 44.9 cm³/mol. The fourth-order valence-electron chi connectivity index (χ4n) is 1.39. The SMILES string of the molecule is CCCC(C)C1OC(=O)COC1=O. The van der Waals surface area contributed by atoms with Gasteiger partial charge in [0, 0.05) is 5.92 Å². The molecule has 74 valence electrons. The van der Waals surface area contributed by atoms with Crippen molar-refractivity contribution >= 4 is 11.9 Å². The molecule has 1 rings (SSSR count). The molecule has 4 heteroatoms. The number of cyclic esters (lactones) is 2. The second-order valence-electron chi connectivity index (χ2n) is 3.28. The van der Waals surface area contributed by atoms with Gasteiger partial charge in [-0.2, -0.15) is 0 Å². The topological polar surface area (TPSA) is 52.6 Å². The maximum Gasteiger partial charge on any atom is 0.348 e. The van der Waals surface area contributed by atoms with E-state index in [0.29, 0.717) is 0 Å². The number of carbonyl (C=O) groups excluding carboxylic acids is 2. The van der Waals surface area contributed by atoms with Crippen molar-refractivity contribution in [2.45, 2.75) is 32.8 Å². The standard InChI is InChI=1S/C9H14O4/c1-3-4-6(2)8-9(11)12-5-7(10)13-8/h6,8H,3-5H2,1-2H3. The molecular weight excluding hydrogens is 172 g/mol. The Morgan fingerprint density at radius 2 is 2.23 bits per heavy atom. The van der Waals surface area contributed by atoms with Gasteiger partial charge in [-0.15, -0.1) is 0 Å². The van der Waals surface area contributed by atoms with Crippen molar-refractivity contribution in [3.63, 3.8) is 0 Å². The summed E-state index contributed by atoms with van der Waals surface area (Å²) in [7, 11) is 0. The summed E-state index contributed by atoms with van der Waals surface area (Å²) in [5, 5.41) is 0. The van der Waals surface area contributed by atoms with E-state index in [2.05, 4.69) is 4.74 Å². The third-order valence-electron chi connectivity index (χ3n) is 2.08. The smallest absolute Gasteiger partial charge is 0.348 e. The molecule has 4 nitrogen and oxygen atoms in total. The highest BCUT2D eigenvalue weighted by Crippen LogP contribution is 2.18. The summed E-state index contributed by atoms with van der Waals surface area (Å²) in [4.78, 5) is 22.0. The van der Waals surface area contributed by atoms with Gasteiger partial charge in [-0.3, -0.25) is 0 Å². The van der Waals surface area contributed by atoms with Crippen molar-refractivity contribution in [2.24, 2.45) is 5.92 Å². The lowest BCUT2D eigenvalue weighted by molar-refractivity contribution is -0.188. The van der Waals surface area contributed by atoms with Crippen LogP contribution in [0, 0.1) is 5.92 Å². The second-order valence-corrected chi connectivity index (χ2v) is 3.28. The Morgan fingerprint density at radius 3 is 2.85 bits per heavy atom. The normalized spacial score (nSPS) is 24.9. The summed E-state index contributed by atoms with van der Waals surface area (Å²) in [5.41, 5.74) is 0. The number of hydrogen-bond donors (Lipinski definition) is 0. The van der Waals surface area contributed by atoms with Crippen molar-refractivity contribution in [3.8, 4) is 0 Å². The second kappa shape index (κ2) is 4.25. The van der Waals surface area contributed by atoms with Crippen LogP contribution in [-0.4, -0.2) is 24.6 Å². The highest BCUT2D eigenvalue weighted by molar-refractivity contribution is 5.85. The first-order chi connectivity index (χ1) is 6.15. The summed E-state index contributed by atoms with van der Waals surface area (Å²) in [5.74, 6) is -0.824. The zero-order valence-corrected chi connectivity index (χ0v) is 7.91. The van der Waals surface area contributed by atoms with E-state index < -0.39 is 18.0 Å². The van der Waals surface area contributed by atoms with Gasteiger partial charge in [0.25, 0.3) is 0 Å². The average molecular weight is 186 g/mol. The van der Waals surface area contributed by atoms with Gasteiger partial charge in [0.1, 0.15) is 0 Å². The highest BCUT2D eigenvalue weighted by Gasteiger charge is 2.34. The van der Waals surface area contributed by atoms with Crippen LogP contribution in [0.1, 0.15) is 26.7 Å². The van der Waals surface area contributed by atoms with Crippen LogP contribution in [0.25, 0.3) is 0 Å². The van der Waals surface area contributed by atoms with E-state index >= 15 is 0 Å². The zero-order valence-electron chi connectivity index (χ0n) is 7.91. The van der Waals surface area contributed by atoms with Gasteiger partial charge in [0.2, 0.25) is 6.10 Å². The molecule has 1 aliphatic rings. The lowest BCUT2D eigenvalue weighted by Gasteiger charge is -2.25. The summed E-state index contributed by atoms with van der Waals surface area (Å²) in [6, 6.07) is 0. The maximum atomic E-state index is 11.2. The van der Waals surface area contributed by atoms with Crippen LogP contribution in [0.2, 0.25) is 0 Å². The Labute approximate surface area is 77.2 Å². The average Bonchev–Trinajstić information content (AvgIpc) is 2.09. The molecule has 0 aromatic rings. The van der Waals surface area contributed by atoms with Crippen LogP contribution in [0.4, 0.5) is 0 Å². The third-order valence-corrected chi connectivity index (χ3v) is 2.08. The van der Waals surface area contributed by atoms with Crippen LogP contribution in [0.3, 0.4) is 0 Å². The lowest BCUT2D eigenvalue weighted by atomic mass is 9.99. The molecule has 0 N–H and O–H groups in total.